The Labute approximate surface area is 114 Å². The molecule has 0 radical (unpaired) electrons. The maximum atomic E-state index is 4.53. The molecule has 3 rings (SSSR count). The van der Waals surface area contributed by atoms with Crippen molar-refractivity contribution < 1.29 is 0 Å². The molecule has 0 bridgehead atoms. The molecular weight excluding hydrogens is 244 g/mol. The van der Waals surface area contributed by atoms with Crippen LogP contribution in [0.3, 0.4) is 0 Å². The number of benzene rings is 1. The zero-order valence-corrected chi connectivity index (χ0v) is 11.2. The third-order valence-corrected chi connectivity index (χ3v) is 3.63. The number of halogens is 1. The first kappa shape index (κ1) is 13.3. The van der Waals surface area contributed by atoms with Gasteiger partial charge in [-0.05, 0) is 56.0 Å². The van der Waals surface area contributed by atoms with Crippen molar-refractivity contribution in [3.05, 3.63) is 42.1 Å². The molecule has 1 aromatic heterocycles. The Balaban J connectivity index is 0.00000120. The number of aromatic nitrogens is 1. The molecule has 3 heteroatoms. The molecule has 1 saturated heterocycles. The Bertz CT molecular complexity index is 507. The van der Waals surface area contributed by atoms with Crippen molar-refractivity contribution in [3.63, 3.8) is 0 Å². The molecule has 0 atom stereocenters. The van der Waals surface area contributed by atoms with Gasteiger partial charge in [-0.3, -0.25) is 4.98 Å². The van der Waals surface area contributed by atoms with Crippen LogP contribution in [-0.2, 0) is 6.42 Å². The Kier molecular flexibility index (Phi) is 4.56. The fourth-order valence-corrected chi connectivity index (χ4v) is 2.65. The maximum absolute atomic E-state index is 4.53. The Morgan fingerprint density at radius 3 is 2.78 bits per heavy atom. The van der Waals surface area contributed by atoms with Crippen molar-refractivity contribution in [3.8, 4) is 0 Å². The first-order valence-electron chi connectivity index (χ1n) is 6.46. The van der Waals surface area contributed by atoms with Gasteiger partial charge in [0.05, 0.1) is 5.52 Å². The summed E-state index contributed by atoms with van der Waals surface area (Å²) in [6.45, 7) is 2.34. The lowest BCUT2D eigenvalue weighted by Gasteiger charge is -2.22. The van der Waals surface area contributed by atoms with Gasteiger partial charge in [0.15, 0.2) is 0 Å². The Morgan fingerprint density at radius 2 is 1.94 bits per heavy atom. The first-order valence-corrected chi connectivity index (χ1v) is 6.46. The quantitative estimate of drug-likeness (QED) is 0.899. The second kappa shape index (κ2) is 6.17. The monoisotopic (exact) mass is 262 g/mol. The molecule has 0 saturated carbocycles. The lowest BCUT2D eigenvalue weighted by Crippen LogP contribution is -2.28. The summed E-state index contributed by atoms with van der Waals surface area (Å²) in [4.78, 5) is 4.53. The minimum absolute atomic E-state index is 0. The fraction of sp³-hybridized carbons (Fsp3) is 0.400. The van der Waals surface area contributed by atoms with E-state index in [9.17, 15) is 0 Å². The number of para-hydroxylation sites is 1. The number of pyridine rings is 1. The molecule has 1 aliphatic heterocycles. The molecule has 2 nitrogen and oxygen atoms in total. The zero-order chi connectivity index (χ0) is 11.5. The molecule has 2 heterocycles. The van der Waals surface area contributed by atoms with E-state index in [0.29, 0.717) is 0 Å². The van der Waals surface area contributed by atoms with Crippen LogP contribution in [0.1, 0.15) is 18.4 Å². The number of hydrogen-bond acceptors (Lipinski definition) is 2. The molecule has 0 aliphatic carbocycles. The van der Waals surface area contributed by atoms with Crippen LogP contribution in [0.4, 0.5) is 0 Å². The van der Waals surface area contributed by atoms with E-state index in [4.69, 9.17) is 0 Å². The van der Waals surface area contributed by atoms with E-state index in [1.54, 1.807) is 0 Å². The molecule has 1 aliphatic rings. The van der Waals surface area contributed by atoms with Gasteiger partial charge in [0.25, 0.3) is 0 Å². The Morgan fingerprint density at radius 1 is 1.17 bits per heavy atom. The highest BCUT2D eigenvalue weighted by molar-refractivity contribution is 5.85. The molecule has 0 amide bonds. The number of fused-ring (bicyclic) bond motifs is 1. The molecule has 0 unspecified atom stereocenters. The van der Waals surface area contributed by atoms with Crippen molar-refractivity contribution in [2.45, 2.75) is 19.3 Å². The van der Waals surface area contributed by atoms with Crippen LogP contribution in [0.5, 0.6) is 0 Å². The minimum atomic E-state index is 0. The van der Waals surface area contributed by atoms with Crippen LogP contribution in [0.2, 0.25) is 0 Å². The van der Waals surface area contributed by atoms with E-state index >= 15 is 0 Å². The average molecular weight is 263 g/mol. The van der Waals surface area contributed by atoms with Crippen LogP contribution in [0, 0.1) is 5.92 Å². The number of hydrogen-bond donors (Lipinski definition) is 1. The van der Waals surface area contributed by atoms with Crippen molar-refractivity contribution >= 4 is 23.3 Å². The van der Waals surface area contributed by atoms with E-state index in [-0.39, 0.29) is 12.4 Å². The van der Waals surface area contributed by atoms with Crippen molar-refractivity contribution in [1.29, 1.82) is 0 Å². The van der Waals surface area contributed by atoms with E-state index in [1.165, 1.54) is 43.3 Å². The van der Waals surface area contributed by atoms with Crippen molar-refractivity contribution in [1.82, 2.24) is 10.3 Å². The molecule has 1 fully saturated rings. The van der Waals surface area contributed by atoms with Gasteiger partial charge in [-0.25, -0.2) is 0 Å². The highest BCUT2D eigenvalue weighted by Gasteiger charge is 2.13. The lowest BCUT2D eigenvalue weighted by molar-refractivity contribution is 0.372. The van der Waals surface area contributed by atoms with Gasteiger partial charge in [-0.15, -0.1) is 12.4 Å². The number of nitrogens with zero attached hydrogens (tertiary/aromatic N) is 1. The van der Waals surface area contributed by atoms with Gasteiger partial charge in [-0.1, -0.05) is 18.2 Å². The maximum Gasteiger partial charge on any atom is 0.0702 e. The fourth-order valence-electron chi connectivity index (χ4n) is 2.65. The van der Waals surface area contributed by atoms with Gasteiger partial charge in [-0.2, -0.15) is 0 Å². The number of rotatable bonds is 2. The standard InChI is InChI=1S/C15H18N2.ClH/c1-2-4-15-14(3-1)10-13(11-17-15)9-12-5-7-16-8-6-12;/h1-4,10-12,16H,5-9H2;1H. The first-order chi connectivity index (χ1) is 8.42. The molecular formula is C15H19ClN2. The summed E-state index contributed by atoms with van der Waals surface area (Å²) in [7, 11) is 0. The van der Waals surface area contributed by atoms with E-state index in [2.05, 4.69) is 34.6 Å². The summed E-state index contributed by atoms with van der Waals surface area (Å²) in [5, 5.41) is 4.68. The van der Waals surface area contributed by atoms with Gasteiger partial charge >= 0.3 is 0 Å². The van der Waals surface area contributed by atoms with Crippen molar-refractivity contribution in [2.75, 3.05) is 13.1 Å². The summed E-state index contributed by atoms with van der Waals surface area (Å²) in [6.07, 6.45) is 5.82. The smallest absolute Gasteiger partial charge is 0.0702 e. The highest BCUT2D eigenvalue weighted by atomic mass is 35.5. The number of piperidine rings is 1. The number of nitrogens with one attached hydrogen (secondary N) is 1. The highest BCUT2D eigenvalue weighted by Crippen LogP contribution is 2.20. The lowest BCUT2D eigenvalue weighted by atomic mass is 9.91. The summed E-state index contributed by atoms with van der Waals surface area (Å²) in [5.41, 5.74) is 2.48. The van der Waals surface area contributed by atoms with E-state index in [0.717, 1.165) is 11.4 Å². The summed E-state index contributed by atoms with van der Waals surface area (Å²) >= 11 is 0. The summed E-state index contributed by atoms with van der Waals surface area (Å²) < 4.78 is 0. The van der Waals surface area contributed by atoms with Crippen LogP contribution >= 0.6 is 12.4 Å². The SMILES string of the molecule is Cl.c1ccc2ncc(CC3CCNCC3)cc2c1. The molecule has 1 aromatic carbocycles. The second-order valence-corrected chi connectivity index (χ2v) is 4.93. The van der Waals surface area contributed by atoms with Gasteiger partial charge in [0.1, 0.15) is 0 Å². The Hall–Kier alpha value is -1.12. The second-order valence-electron chi connectivity index (χ2n) is 4.93. The molecule has 96 valence electrons. The van der Waals surface area contributed by atoms with E-state index in [1.807, 2.05) is 12.3 Å². The largest absolute Gasteiger partial charge is 0.317 e. The van der Waals surface area contributed by atoms with Gasteiger partial charge in [0, 0.05) is 11.6 Å². The third kappa shape index (κ3) is 3.01. The third-order valence-electron chi connectivity index (χ3n) is 3.63. The predicted molar refractivity (Wildman–Crippen MR) is 78.3 cm³/mol. The predicted octanol–water partition coefficient (Wildman–Crippen LogP) is 3.20. The van der Waals surface area contributed by atoms with E-state index < -0.39 is 0 Å². The van der Waals surface area contributed by atoms with Gasteiger partial charge < -0.3 is 5.32 Å². The molecule has 1 N–H and O–H groups in total. The van der Waals surface area contributed by atoms with Gasteiger partial charge in [0.2, 0.25) is 0 Å². The molecule has 0 spiro atoms. The topological polar surface area (TPSA) is 24.9 Å². The minimum Gasteiger partial charge on any atom is -0.317 e. The zero-order valence-electron chi connectivity index (χ0n) is 10.4. The average Bonchev–Trinajstić information content (AvgIpc) is 2.40. The summed E-state index contributed by atoms with van der Waals surface area (Å²) in [5.74, 6) is 0.833. The van der Waals surface area contributed by atoms with Crippen LogP contribution < -0.4 is 5.32 Å². The molecule has 2 aromatic rings. The van der Waals surface area contributed by atoms with Crippen molar-refractivity contribution in [2.24, 2.45) is 5.92 Å². The normalized spacial score (nSPS) is 16.4. The van der Waals surface area contributed by atoms with Crippen LogP contribution in [0.25, 0.3) is 10.9 Å². The van der Waals surface area contributed by atoms with Crippen LogP contribution in [-0.4, -0.2) is 18.1 Å². The van der Waals surface area contributed by atoms with Crippen LogP contribution in [0.15, 0.2) is 36.5 Å². The molecule has 18 heavy (non-hydrogen) atoms. The summed E-state index contributed by atoms with van der Waals surface area (Å²) in [6, 6.07) is 10.6.